The fraction of sp³-hybridized carbons (Fsp3) is 0.333. The van der Waals surface area contributed by atoms with Crippen LogP contribution >= 0.6 is 0 Å². The van der Waals surface area contributed by atoms with E-state index in [4.69, 9.17) is 0 Å². The summed E-state index contributed by atoms with van der Waals surface area (Å²) in [5.41, 5.74) is 1.80. The molecular formula is C15H17N3O. The van der Waals surface area contributed by atoms with Crippen LogP contribution < -0.4 is 4.90 Å². The standard InChI is InChI=1S/C15H17N3O/c1-17(15(19)18-8-4-5-9-18)13-10-12-6-2-3-7-14(12)16-11-13/h2-3,6-7,10-11H,4-5,8-9H2,1H3. The van der Waals surface area contributed by atoms with Gasteiger partial charge in [-0.05, 0) is 25.0 Å². The molecule has 2 aromatic rings. The second-order valence-corrected chi connectivity index (χ2v) is 4.92. The minimum atomic E-state index is 0.0644. The Bertz CT molecular complexity index is 605. The van der Waals surface area contributed by atoms with Crippen LogP contribution in [0, 0.1) is 0 Å². The zero-order valence-corrected chi connectivity index (χ0v) is 11.0. The van der Waals surface area contributed by atoms with Crippen molar-refractivity contribution in [3.63, 3.8) is 0 Å². The van der Waals surface area contributed by atoms with Crippen LogP contribution in [0.15, 0.2) is 36.5 Å². The third-order valence-electron chi connectivity index (χ3n) is 3.63. The Morgan fingerprint density at radius 2 is 2.00 bits per heavy atom. The number of rotatable bonds is 1. The molecule has 4 nitrogen and oxygen atoms in total. The van der Waals surface area contributed by atoms with Crippen LogP contribution in [0.5, 0.6) is 0 Å². The summed E-state index contributed by atoms with van der Waals surface area (Å²) in [7, 11) is 1.81. The van der Waals surface area contributed by atoms with Crippen LogP contribution in [-0.2, 0) is 0 Å². The number of hydrogen-bond acceptors (Lipinski definition) is 2. The first-order chi connectivity index (χ1) is 9.25. The van der Waals surface area contributed by atoms with E-state index in [0.29, 0.717) is 0 Å². The van der Waals surface area contributed by atoms with E-state index in [9.17, 15) is 4.79 Å². The van der Waals surface area contributed by atoms with Crippen LogP contribution in [0.1, 0.15) is 12.8 Å². The smallest absolute Gasteiger partial charge is 0.324 e. The fourth-order valence-corrected chi connectivity index (χ4v) is 2.47. The second-order valence-electron chi connectivity index (χ2n) is 4.92. The zero-order chi connectivity index (χ0) is 13.2. The molecular weight excluding hydrogens is 238 g/mol. The summed E-state index contributed by atoms with van der Waals surface area (Å²) in [5, 5.41) is 1.06. The minimum Gasteiger partial charge on any atom is -0.324 e. The predicted octanol–water partition coefficient (Wildman–Crippen LogP) is 2.89. The van der Waals surface area contributed by atoms with Crippen LogP contribution in [-0.4, -0.2) is 36.1 Å². The SMILES string of the molecule is CN(C(=O)N1CCCC1)c1cnc2ccccc2c1. The molecule has 1 saturated heterocycles. The molecule has 0 saturated carbocycles. The first-order valence-electron chi connectivity index (χ1n) is 6.63. The van der Waals surface area contributed by atoms with Gasteiger partial charge in [0.25, 0.3) is 0 Å². The Kier molecular flexibility index (Phi) is 3.07. The highest BCUT2D eigenvalue weighted by atomic mass is 16.2. The van der Waals surface area contributed by atoms with Gasteiger partial charge >= 0.3 is 6.03 Å². The van der Waals surface area contributed by atoms with Crippen LogP contribution in [0.25, 0.3) is 10.9 Å². The molecule has 4 heteroatoms. The number of carbonyl (C=O) groups excluding carboxylic acids is 1. The number of urea groups is 1. The number of anilines is 1. The van der Waals surface area contributed by atoms with Crippen molar-refractivity contribution in [2.24, 2.45) is 0 Å². The van der Waals surface area contributed by atoms with Gasteiger partial charge in [-0.1, -0.05) is 18.2 Å². The summed E-state index contributed by atoms with van der Waals surface area (Å²) in [6.07, 6.45) is 3.97. The number of carbonyl (C=O) groups is 1. The van der Waals surface area contributed by atoms with Gasteiger partial charge in [-0.2, -0.15) is 0 Å². The van der Waals surface area contributed by atoms with Gasteiger partial charge < -0.3 is 4.90 Å². The van der Waals surface area contributed by atoms with Crippen molar-refractivity contribution in [2.45, 2.75) is 12.8 Å². The van der Waals surface area contributed by atoms with Gasteiger partial charge in [0.2, 0.25) is 0 Å². The zero-order valence-electron chi connectivity index (χ0n) is 11.0. The van der Waals surface area contributed by atoms with Gasteiger partial charge in [0.15, 0.2) is 0 Å². The molecule has 1 aliphatic rings. The Hall–Kier alpha value is -2.10. The lowest BCUT2D eigenvalue weighted by Gasteiger charge is -2.24. The number of hydrogen-bond donors (Lipinski definition) is 0. The quantitative estimate of drug-likeness (QED) is 0.785. The summed E-state index contributed by atoms with van der Waals surface area (Å²) < 4.78 is 0. The summed E-state index contributed by atoms with van der Waals surface area (Å²) in [4.78, 5) is 20.3. The summed E-state index contributed by atoms with van der Waals surface area (Å²) in [6.45, 7) is 1.73. The molecule has 19 heavy (non-hydrogen) atoms. The molecule has 0 bridgehead atoms. The Balaban J connectivity index is 1.88. The van der Waals surface area contributed by atoms with Crippen LogP contribution in [0.3, 0.4) is 0 Å². The number of para-hydroxylation sites is 1. The molecule has 98 valence electrons. The van der Waals surface area contributed by atoms with Crippen molar-refractivity contribution in [3.8, 4) is 0 Å². The molecule has 0 spiro atoms. The molecule has 0 atom stereocenters. The van der Waals surface area contributed by atoms with E-state index in [1.807, 2.05) is 42.3 Å². The molecule has 0 radical (unpaired) electrons. The van der Waals surface area contributed by atoms with Crippen molar-refractivity contribution in [1.29, 1.82) is 0 Å². The molecule has 1 fully saturated rings. The maximum Gasteiger partial charge on any atom is 0.324 e. The highest BCUT2D eigenvalue weighted by Gasteiger charge is 2.22. The molecule has 1 aromatic carbocycles. The predicted molar refractivity (Wildman–Crippen MR) is 76.3 cm³/mol. The average molecular weight is 255 g/mol. The van der Waals surface area contributed by atoms with E-state index in [1.165, 1.54) is 0 Å². The van der Waals surface area contributed by atoms with Gasteiger partial charge in [0, 0.05) is 25.5 Å². The normalized spacial score (nSPS) is 14.9. The lowest BCUT2D eigenvalue weighted by molar-refractivity contribution is 0.217. The molecule has 2 amide bonds. The number of nitrogens with zero attached hydrogens (tertiary/aromatic N) is 3. The molecule has 0 aliphatic carbocycles. The van der Waals surface area contributed by atoms with Crippen molar-refractivity contribution < 1.29 is 4.79 Å². The topological polar surface area (TPSA) is 36.4 Å². The number of likely N-dealkylation sites (tertiary alicyclic amines) is 1. The van der Waals surface area contributed by atoms with Crippen LogP contribution in [0.2, 0.25) is 0 Å². The highest BCUT2D eigenvalue weighted by Crippen LogP contribution is 2.20. The average Bonchev–Trinajstić information content (AvgIpc) is 2.99. The molecule has 1 aromatic heterocycles. The Labute approximate surface area is 112 Å². The Morgan fingerprint density at radius 1 is 1.26 bits per heavy atom. The van der Waals surface area contributed by atoms with E-state index in [0.717, 1.165) is 42.5 Å². The van der Waals surface area contributed by atoms with Crippen molar-refractivity contribution in [1.82, 2.24) is 9.88 Å². The lowest BCUT2D eigenvalue weighted by Crippen LogP contribution is -2.39. The van der Waals surface area contributed by atoms with Gasteiger partial charge in [-0.3, -0.25) is 9.88 Å². The van der Waals surface area contributed by atoms with Crippen molar-refractivity contribution in [2.75, 3.05) is 25.0 Å². The highest BCUT2D eigenvalue weighted by molar-refractivity contribution is 5.93. The molecule has 3 rings (SSSR count). The molecule has 2 heterocycles. The second kappa shape index (κ2) is 4.88. The van der Waals surface area contributed by atoms with E-state index >= 15 is 0 Å². The number of aromatic nitrogens is 1. The van der Waals surface area contributed by atoms with Gasteiger partial charge in [-0.15, -0.1) is 0 Å². The molecule has 0 N–H and O–H groups in total. The maximum atomic E-state index is 12.3. The van der Waals surface area contributed by atoms with Crippen LogP contribution in [0.4, 0.5) is 10.5 Å². The van der Waals surface area contributed by atoms with E-state index in [1.54, 1.807) is 11.1 Å². The van der Waals surface area contributed by atoms with Crippen molar-refractivity contribution >= 4 is 22.6 Å². The van der Waals surface area contributed by atoms with E-state index < -0.39 is 0 Å². The van der Waals surface area contributed by atoms with E-state index in [2.05, 4.69) is 4.98 Å². The third kappa shape index (κ3) is 2.26. The number of benzene rings is 1. The minimum absolute atomic E-state index is 0.0644. The number of pyridine rings is 1. The Morgan fingerprint density at radius 3 is 2.79 bits per heavy atom. The van der Waals surface area contributed by atoms with Crippen molar-refractivity contribution in [3.05, 3.63) is 36.5 Å². The summed E-state index contributed by atoms with van der Waals surface area (Å²) >= 11 is 0. The fourth-order valence-electron chi connectivity index (χ4n) is 2.47. The van der Waals surface area contributed by atoms with Gasteiger partial charge in [0.1, 0.15) is 0 Å². The van der Waals surface area contributed by atoms with Gasteiger partial charge in [-0.25, -0.2) is 4.79 Å². The summed E-state index contributed by atoms with van der Waals surface area (Å²) in [5.74, 6) is 0. The third-order valence-corrected chi connectivity index (χ3v) is 3.63. The first-order valence-corrected chi connectivity index (χ1v) is 6.63. The first kappa shape index (κ1) is 12.0. The molecule has 1 aliphatic heterocycles. The molecule has 0 unspecified atom stereocenters. The van der Waals surface area contributed by atoms with E-state index in [-0.39, 0.29) is 6.03 Å². The largest absolute Gasteiger partial charge is 0.324 e. The van der Waals surface area contributed by atoms with Gasteiger partial charge in [0.05, 0.1) is 17.4 Å². The maximum absolute atomic E-state index is 12.3. The monoisotopic (exact) mass is 255 g/mol. The number of fused-ring (bicyclic) bond motifs is 1. The lowest BCUT2D eigenvalue weighted by atomic mass is 10.2. The summed E-state index contributed by atoms with van der Waals surface area (Å²) in [6, 6.07) is 10.0. The number of amides is 2.